The molecule has 0 saturated carbocycles. The van der Waals surface area contributed by atoms with Gasteiger partial charge in [0.2, 0.25) is 0 Å². The molecule has 2 heteroatoms. The lowest BCUT2D eigenvalue weighted by Crippen LogP contribution is -2.04. The molecule has 0 aliphatic rings. The maximum absolute atomic E-state index is 5.28. The number of hydrogen-bond acceptors (Lipinski definition) is 2. The van der Waals surface area contributed by atoms with Crippen molar-refractivity contribution in [3.63, 3.8) is 0 Å². The van der Waals surface area contributed by atoms with Gasteiger partial charge in [0.25, 0.3) is 0 Å². The number of nitrogens with one attached hydrogen (secondary N) is 1. The third-order valence-corrected chi connectivity index (χ3v) is 1.95. The molecule has 1 N–H and O–H groups in total. The van der Waals surface area contributed by atoms with Gasteiger partial charge in [0.1, 0.15) is 5.58 Å². The molecule has 62 valence electrons. The van der Waals surface area contributed by atoms with E-state index in [1.54, 1.807) is 6.26 Å². The highest BCUT2D eigenvalue weighted by molar-refractivity contribution is 5.80. The van der Waals surface area contributed by atoms with Crippen LogP contribution < -0.4 is 5.32 Å². The number of benzene rings is 1. The summed E-state index contributed by atoms with van der Waals surface area (Å²) < 4.78 is 5.28. The molecule has 0 aliphatic carbocycles. The molecule has 0 saturated heterocycles. The highest BCUT2D eigenvalue weighted by Crippen LogP contribution is 2.19. The Balaban J connectivity index is 2.57. The van der Waals surface area contributed by atoms with Crippen LogP contribution >= 0.6 is 0 Å². The second kappa shape index (κ2) is 2.99. The summed E-state index contributed by atoms with van der Waals surface area (Å²) in [6.07, 6.45) is 1.73. The van der Waals surface area contributed by atoms with Gasteiger partial charge in [-0.25, -0.2) is 0 Å². The Morgan fingerprint density at radius 1 is 1.33 bits per heavy atom. The maximum atomic E-state index is 5.28. The fourth-order valence-corrected chi connectivity index (χ4v) is 1.40. The van der Waals surface area contributed by atoms with Crippen LogP contribution in [0.3, 0.4) is 0 Å². The van der Waals surface area contributed by atoms with Crippen molar-refractivity contribution in [1.82, 2.24) is 5.32 Å². The average Bonchev–Trinajstić information content (AvgIpc) is 2.53. The molecule has 0 fully saturated rings. The Morgan fingerprint density at radius 3 is 3.08 bits per heavy atom. The van der Waals surface area contributed by atoms with Crippen molar-refractivity contribution in [3.05, 3.63) is 36.1 Å². The SMILES string of the molecule is CNCc1cccc2occc12. The average molecular weight is 161 g/mol. The van der Waals surface area contributed by atoms with Crippen LogP contribution in [0.4, 0.5) is 0 Å². The molecular weight excluding hydrogens is 150 g/mol. The van der Waals surface area contributed by atoms with Gasteiger partial charge in [0, 0.05) is 11.9 Å². The monoisotopic (exact) mass is 161 g/mol. The zero-order chi connectivity index (χ0) is 8.39. The molecule has 2 nitrogen and oxygen atoms in total. The fraction of sp³-hybridized carbons (Fsp3) is 0.200. The van der Waals surface area contributed by atoms with Crippen LogP contribution in [0.15, 0.2) is 34.9 Å². The van der Waals surface area contributed by atoms with Crippen LogP contribution in [0.25, 0.3) is 11.0 Å². The third-order valence-electron chi connectivity index (χ3n) is 1.95. The third kappa shape index (κ3) is 1.10. The van der Waals surface area contributed by atoms with E-state index in [2.05, 4.69) is 11.4 Å². The van der Waals surface area contributed by atoms with Gasteiger partial charge in [-0.1, -0.05) is 12.1 Å². The Labute approximate surface area is 71.2 Å². The van der Waals surface area contributed by atoms with Gasteiger partial charge in [-0.05, 0) is 24.7 Å². The summed E-state index contributed by atoms with van der Waals surface area (Å²) in [5, 5.41) is 4.33. The smallest absolute Gasteiger partial charge is 0.134 e. The second-order valence-corrected chi connectivity index (χ2v) is 2.78. The van der Waals surface area contributed by atoms with Crippen LogP contribution in [0, 0.1) is 0 Å². The number of fused-ring (bicyclic) bond motifs is 1. The Bertz CT molecular complexity index is 378. The first-order valence-electron chi connectivity index (χ1n) is 4.01. The minimum Gasteiger partial charge on any atom is -0.464 e. The summed E-state index contributed by atoms with van der Waals surface area (Å²) >= 11 is 0. The number of hydrogen-bond donors (Lipinski definition) is 1. The van der Waals surface area contributed by atoms with Crippen molar-refractivity contribution in [2.45, 2.75) is 6.54 Å². The van der Waals surface area contributed by atoms with Gasteiger partial charge in [-0.2, -0.15) is 0 Å². The second-order valence-electron chi connectivity index (χ2n) is 2.78. The normalized spacial score (nSPS) is 10.8. The van der Waals surface area contributed by atoms with Crippen LogP contribution in [-0.4, -0.2) is 7.05 Å². The van der Waals surface area contributed by atoms with E-state index in [1.165, 1.54) is 10.9 Å². The maximum Gasteiger partial charge on any atom is 0.134 e. The van der Waals surface area contributed by atoms with Crippen molar-refractivity contribution < 1.29 is 4.42 Å². The van der Waals surface area contributed by atoms with Crippen molar-refractivity contribution in [2.24, 2.45) is 0 Å². The topological polar surface area (TPSA) is 25.2 Å². The molecule has 2 rings (SSSR count). The fourth-order valence-electron chi connectivity index (χ4n) is 1.40. The van der Waals surface area contributed by atoms with E-state index in [0.717, 1.165) is 12.1 Å². The first-order valence-corrected chi connectivity index (χ1v) is 4.01. The molecule has 0 amide bonds. The lowest BCUT2D eigenvalue weighted by atomic mass is 10.1. The first-order chi connectivity index (χ1) is 5.92. The van der Waals surface area contributed by atoms with E-state index >= 15 is 0 Å². The van der Waals surface area contributed by atoms with Gasteiger partial charge in [0.15, 0.2) is 0 Å². The summed E-state index contributed by atoms with van der Waals surface area (Å²) in [5.41, 5.74) is 2.24. The molecule has 0 radical (unpaired) electrons. The first kappa shape index (κ1) is 7.37. The van der Waals surface area contributed by atoms with Gasteiger partial charge in [-0.15, -0.1) is 0 Å². The predicted molar refractivity (Wildman–Crippen MR) is 49.0 cm³/mol. The van der Waals surface area contributed by atoms with Crippen LogP contribution in [0.2, 0.25) is 0 Å². The van der Waals surface area contributed by atoms with Gasteiger partial charge in [0.05, 0.1) is 6.26 Å². The molecule has 1 heterocycles. The van der Waals surface area contributed by atoms with Crippen LogP contribution in [0.1, 0.15) is 5.56 Å². The minimum absolute atomic E-state index is 0.886. The molecule has 0 atom stereocenters. The van der Waals surface area contributed by atoms with Crippen molar-refractivity contribution in [1.29, 1.82) is 0 Å². The molecule has 12 heavy (non-hydrogen) atoms. The van der Waals surface area contributed by atoms with Gasteiger partial charge in [-0.3, -0.25) is 0 Å². The molecular formula is C10H11NO. The van der Waals surface area contributed by atoms with E-state index in [9.17, 15) is 0 Å². The molecule has 0 unspecified atom stereocenters. The largest absolute Gasteiger partial charge is 0.464 e. The van der Waals surface area contributed by atoms with E-state index in [0.29, 0.717) is 0 Å². The van der Waals surface area contributed by atoms with Gasteiger partial charge < -0.3 is 9.73 Å². The van der Waals surface area contributed by atoms with E-state index in [1.807, 2.05) is 25.2 Å². The van der Waals surface area contributed by atoms with Gasteiger partial charge >= 0.3 is 0 Å². The summed E-state index contributed by atoms with van der Waals surface area (Å²) in [7, 11) is 1.94. The Kier molecular flexibility index (Phi) is 1.84. The van der Waals surface area contributed by atoms with E-state index in [4.69, 9.17) is 4.42 Å². The summed E-state index contributed by atoms with van der Waals surface area (Å²) in [5.74, 6) is 0. The molecule has 2 aromatic rings. The molecule has 0 bridgehead atoms. The number of rotatable bonds is 2. The van der Waals surface area contributed by atoms with Crippen LogP contribution in [-0.2, 0) is 6.54 Å². The highest BCUT2D eigenvalue weighted by Gasteiger charge is 2.00. The van der Waals surface area contributed by atoms with E-state index in [-0.39, 0.29) is 0 Å². The summed E-state index contributed by atoms with van der Waals surface area (Å²) in [4.78, 5) is 0. The van der Waals surface area contributed by atoms with E-state index < -0.39 is 0 Å². The quantitative estimate of drug-likeness (QED) is 0.730. The Hall–Kier alpha value is -1.28. The standard InChI is InChI=1S/C10H11NO/c1-11-7-8-3-2-4-10-9(8)5-6-12-10/h2-6,11H,7H2,1H3. The zero-order valence-electron chi connectivity index (χ0n) is 7.00. The number of furan rings is 1. The summed E-state index contributed by atoms with van der Waals surface area (Å²) in [6, 6.07) is 8.10. The zero-order valence-corrected chi connectivity index (χ0v) is 7.00. The summed E-state index contributed by atoms with van der Waals surface area (Å²) in [6.45, 7) is 0.886. The minimum atomic E-state index is 0.886. The Morgan fingerprint density at radius 2 is 2.25 bits per heavy atom. The van der Waals surface area contributed by atoms with Crippen molar-refractivity contribution in [3.8, 4) is 0 Å². The molecule has 0 aliphatic heterocycles. The van der Waals surface area contributed by atoms with Crippen molar-refractivity contribution in [2.75, 3.05) is 7.05 Å². The molecule has 1 aromatic heterocycles. The lowest BCUT2D eigenvalue weighted by Gasteiger charge is -1.99. The molecule has 0 spiro atoms. The molecule has 1 aromatic carbocycles. The lowest BCUT2D eigenvalue weighted by molar-refractivity contribution is 0.615. The van der Waals surface area contributed by atoms with Crippen molar-refractivity contribution >= 4 is 11.0 Å². The predicted octanol–water partition coefficient (Wildman–Crippen LogP) is 2.15. The van der Waals surface area contributed by atoms with Crippen LogP contribution in [0.5, 0.6) is 0 Å². The highest BCUT2D eigenvalue weighted by atomic mass is 16.3.